The van der Waals surface area contributed by atoms with Crippen LogP contribution < -0.4 is 10.1 Å². The minimum atomic E-state index is 0.828. The molecule has 0 aliphatic heterocycles. The first kappa shape index (κ1) is 14.4. The Labute approximate surface area is 131 Å². The van der Waals surface area contributed by atoms with Gasteiger partial charge in [0, 0.05) is 16.8 Å². The third-order valence-corrected chi connectivity index (χ3v) is 4.01. The van der Waals surface area contributed by atoms with Gasteiger partial charge in [-0.2, -0.15) is 0 Å². The van der Waals surface area contributed by atoms with Crippen molar-refractivity contribution in [3.63, 3.8) is 0 Å². The van der Waals surface area contributed by atoms with Crippen LogP contribution >= 0.6 is 0 Å². The highest BCUT2D eigenvalue weighted by Gasteiger charge is 2.10. The van der Waals surface area contributed by atoms with E-state index in [1.54, 1.807) is 7.11 Å². The van der Waals surface area contributed by atoms with Gasteiger partial charge in [-0.3, -0.25) is 4.98 Å². The van der Waals surface area contributed by atoms with Crippen molar-refractivity contribution in [3.05, 3.63) is 59.3 Å². The molecule has 3 nitrogen and oxygen atoms in total. The summed E-state index contributed by atoms with van der Waals surface area (Å²) in [7, 11) is 1.68. The number of methoxy groups -OCH3 is 1. The molecule has 0 aliphatic carbocycles. The molecule has 0 spiro atoms. The summed E-state index contributed by atoms with van der Waals surface area (Å²) in [5, 5.41) is 4.61. The maximum absolute atomic E-state index is 5.42. The van der Waals surface area contributed by atoms with Crippen LogP contribution in [0.4, 0.5) is 11.4 Å². The predicted octanol–water partition coefficient (Wildman–Crippen LogP) is 4.91. The lowest BCUT2D eigenvalue weighted by molar-refractivity contribution is 0.417. The molecule has 0 amide bonds. The van der Waals surface area contributed by atoms with Gasteiger partial charge in [0.15, 0.2) is 0 Å². The first-order valence-electron chi connectivity index (χ1n) is 7.37. The second kappa shape index (κ2) is 5.68. The molecule has 2 aromatic carbocycles. The Morgan fingerprint density at radius 1 is 0.955 bits per heavy atom. The lowest BCUT2D eigenvalue weighted by Crippen LogP contribution is -1.98. The van der Waals surface area contributed by atoms with E-state index in [0.29, 0.717) is 0 Å². The second-order valence-corrected chi connectivity index (χ2v) is 5.54. The quantitative estimate of drug-likeness (QED) is 0.744. The molecule has 0 saturated heterocycles. The molecule has 0 saturated carbocycles. The number of ether oxygens (including phenoxy) is 1. The number of hydrogen-bond donors (Lipinski definition) is 1. The van der Waals surface area contributed by atoms with Gasteiger partial charge in [-0.05, 0) is 50.1 Å². The number of anilines is 2. The Kier molecular flexibility index (Phi) is 3.72. The van der Waals surface area contributed by atoms with Crippen molar-refractivity contribution in [2.45, 2.75) is 20.8 Å². The molecule has 3 aromatic rings. The minimum Gasteiger partial charge on any atom is -0.495 e. The van der Waals surface area contributed by atoms with Gasteiger partial charge < -0.3 is 10.1 Å². The normalized spacial score (nSPS) is 10.7. The standard InChI is InChI=1S/C19H20N2O/c1-12-9-10-15-17(11-13(2)20-19(15)14(12)3)21-16-7-5-6-8-18(16)22-4/h5-11H,1-4H3,(H,20,21). The fraction of sp³-hybridized carbons (Fsp3) is 0.211. The lowest BCUT2D eigenvalue weighted by Gasteiger charge is -2.15. The van der Waals surface area contributed by atoms with Crippen LogP contribution in [0.3, 0.4) is 0 Å². The monoisotopic (exact) mass is 292 g/mol. The first-order chi connectivity index (χ1) is 10.6. The zero-order valence-corrected chi connectivity index (χ0v) is 13.4. The number of aromatic nitrogens is 1. The van der Waals surface area contributed by atoms with E-state index in [2.05, 4.69) is 37.4 Å². The predicted molar refractivity (Wildman–Crippen MR) is 92.2 cm³/mol. The van der Waals surface area contributed by atoms with Crippen LogP contribution in [0.2, 0.25) is 0 Å². The van der Waals surface area contributed by atoms with Crippen molar-refractivity contribution in [1.29, 1.82) is 0 Å². The third kappa shape index (κ3) is 2.50. The number of fused-ring (bicyclic) bond motifs is 1. The SMILES string of the molecule is COc1ccccc1Nc1cc(C)nc2c(C)c(C)ccc12. The van der Waals surface area contributed by atoms with Crippen molar-refractivity contribution in [1.82, 2.24) is 4.98 Å². The molecule has 1 aromatic heterocycles. The molecule has 0 atom stereocenters. The van der Waals surface area contributed by atoms with E-state index in [-0.39, 0.29) is 0 Å². The Bertz CT molecular complexity index is 840. The fourth-order valence-corrected chi connectivity index (χ4v) is 2.65. The van der Waals surface area contributed by atoms with Crippen molar-refractivity contribution >= 4 is 22.3 Å². The smallest absolute Gasteiger partial charge is 0.142 e. The summed E-state index contributed by atoms with van der Waals surface area (Å²) in [5.41, 5.74) is 6.54. The molecule has 112 valence electrons. The third-order valence-electron chi connectivity index (χ3n) is 4.01. The number of nitrogens with zero attached hydrogens (tertiary/aromatic N) is 1. The van der Waals surface area contributed by atoms with E-state index in [1.807, 2.05) is 31.2 Å². The molecule has 0 unspecified atom stereocenters. The summed E-state index contributed by atoms with van der Waals surface area (Å²) in [4.78, 5) is 4.71. The van der Waals surface area contributed by atoms with E-state index >= 15 is 0 Å². The van der Waals surface area contributed by atoms with Gasteiger partial charge in [0.05, 0.1) is 18.3 Å². The summed E-state index contributed by atoms with van der Waals surface area (Å²) in [6.07, 6.45) is 0. The maximum Gasteiger partial charge on any atom is 0.142 e. The number of rotatable bonds is 3. The van der Waals surface area contributed by atoms with E-state index in [1.165, 1.54) is 11.1 Å². The summed E-state index contributed by atoms with van der Waals surface area (Å²) in [5.74, 6) is 0.828. The van der Waals surface area contributed by atoms with Crippen molar-refractivity contribution in [2.75, 3.05) is 12.4 Å². The largest absolute Gasteiger partial charge is 0.495 e. The number of benzene rings is 2. The lowest BCUT2D eigenvalue weighted by atomic mass is 10.0. The highest BCUT2D eigenvalue weighted by molar-refractivity contribution is 5.95. The molecule has 0 aliphatic rings. The number of para-hydroxylation sites is 2. The first-order valence-corrected chi connectivity index (χ1v) is 7.37. The Hall–Kier alpha value is -2.55. The maximum atomic E-state index is 5.42. The van der Waals surface area contributed by atoms with Crippen LogP contribution in [0.25, 0.3) is 10.9 Å². The van der Waals surface area contributed by atoms with E-state index in [9.17, 15) is 0 Å². The van der Waals surface area contributed by atoms with Crippen molar-refractivity contribution in [3.8, 4) is 5.75 Å². The molecule has 3 rings (SSSR count). The van der Waals surface area contributed by atoms with Crippen molar-refractivity contribution in [2.24, 2.45) is 0 Å². The zero-order chi connectivity index (χ0) is 15.7. The average Bonchev–Trinajstić information content (AvgIpc) is 2.52. The summed E-state index contributed by atoms with van der Waals surface area (Å²) >= 11 is 0. The fourth-order valence-electron chi connectivity index (χ4n) is 2.65. The molecular weight excluding hydrogens is 272 g/mol. The van der Waals surface area contributed by atoms with Crippen LogP contribution in [0.1, 0.15) is 16.8 Å². The summed E-state index contributed by atoms with van der Waals surface area (Å²) in [6.45, 7) is 6.26. The Morgan fingerprint density at radius 2 is 1.73 bits per heavy atom. The molecule has 0 bridgehead atoms. The molecule has 22 heavy (non-hydrogen) atoms. The zero-order valence-electron chi connectivity index (χ0n) is 13.4. The summed E-state index contributed by atoms with van der Waals surface area (Å²) in [6, 6.07) is 14.3. The molecule has 0 radical (unpaired) electrons. The van der Waals surface area contributed by atoms with Gasteiger partial charge in [0.25, 0.3) is 0 Å². The summed E-state index contributed by atoms with van der Waals surface area (Å²) < 4.78 is 5.42. The number of aryl methyl sites for hydroxylation is 3. The van der Waals surface area contributed by atoms with E-state index < -0.39 is 0 Å². The minimum absolute atomic E-state index is 0.828. The topological polar surface area (TPSA) is 34.1 Å². The van der Waals surface area contributed by atoms with Crippen LogP contribution in [0, 0.1) is 20.8 Å². The Balaban J connectivity index is 2.17. The van der Waals surface area contributed by atoms with Crippen LogP contribution in [0.15, 0.2) is 42.5 Å². The van der Waals surface area contributed by atoms with Gasteiger partial charge in [-0.1, -0.05) is 24.3 Å². The van der Waals surface area contributed by atoms with Crippen molar-refractivity contribution < 1.29 is 4.74 Å². The molecule has 1 heterocycles. The van der Waals surface area contributed by atoms with Crippen LogP contribution in [0.5, 0.6) is 5.75 Å². The average molecular weight is 292 g/mol. The molecule has 1 N–H and O–H groups in total. The van der Waals surface area contributed by atoms with E-state index in [0.717, 1.165) is 33.7 Å². The van der Waals surface area contributed by atoms with Gasteiger partial charge >= 0.3 is 0 Å². The van der Waals surface area contributed by atoms with Gasteiger partial charge in [0.2, 0.25) is 0 Å². The van der Waals surface area contributed by atoms with Gasteiger partial charge in [-0.15, -0.1) is 0 Å². The molecule has 0 fully saturated rings. The Morgan fingerprint density at radius 3 is 2.50 bits per heavy atom. The van der Waals surface area contributed by atoms with Crippen LogP contribution in [-0.4, -0.2) is 12.1 Å². The molecule has 3 heteroatoms. The van der Waals surface area contributed by atoms with Gasteiger partial charge in [-0.25, -0.2) is 0 Å². The number of hydrogen-bond acceptors (Lipinski definition) is 3. The van der Waals surface area contributed by atoms with E-state index in [4.69, 9.17) is 9.72 Å². The highest BCUT2D eigenvalue weighted by Crippen LogP contribution is 2.32. The number of nitrogens with one attached hydrogen (secondary N) is 1. The highest BCUT2D eigenvalue weighted by atomic mass is 16.5. The van der Waals surface area contributed by atoms with Gasteiger partial charge in [0.1, 0.15) is 5.75 Å². The molecular formula is C19H20N2O. The second-order valence-electron chi connectivity index (χ2n) is 5.54. The van der Waals surface area contributed by atoms with Crippen LogP contribution in [-0.2, 0) is 0 Å². The number of pyridine rings is 1.